The third kappa shape index (κ3) is 2.86. The van der Waals surface area contributed by atoms with Crippen LogP contribution in [0.5, 0.6) is 0 Å². The normalized spacial score (nSPS) is 24.6. The maximum atomic E-state index is 12.8. The lowest BCUT2D eigenvalue weighted by Crippen LogP contribution is -2.59. The van der Waals surface area contributed by atoms with Crippen LogP contribution in [0.3, 0.4) is 0 Å². The van der Waals surface area contributed by atoms with E-state index in [9.17, 15) is 13.2 Å². The molecule has 0 aromatic carbocycles. The standard InChI is InChI=1S/C14H26N2O3S/c1-3-12-4-10-16(11-5-12)13(17)14(20(2,18)19)6-8-15-9-7-14/h12,15H,3-11H2,1-2H3. The van der Waals surface area contributed by atoms with Gasteiger partial charge in [0.2, 0.25) is 5.91 Å². The van der Waals surface area contributed by atoms with Crippen molar-refractivity contribution in [2.45, 2.75) is 43.8 Å². The van der Waals surface area contributed by atoms with Gasteiger partial charge in [0.15, 0.2) is 14.6 Å². The first kappa shape index (κ1) is 15.8. The van der Waals surface area contributed by atoms with E-state index in [2.05, 4.69) is 12.2 Å². The highest BCUT2D eigenvalue weighted by Gasteiger charge is 2.50. The Morgan fingerprint density at radius 3 is 2.25 bits per heavy atom. The molecule has 0 radical (unpaired) electrons. The lowest BCUT2D eigenvalue weighted by molar-refractivity contribution is -0.136. The predicted molar refractivity (Wildman–Crippen MR) is 79.3 cm³/mol. The summed E-state index contributed by atoms with van der Waals surface area (Å²) >= 11 is 0. The van der Waals surface area contributed by atoms with E-state index < -0.39 is 14.6 Å². The molecule has 0 unspecified atom stereocenters. The minimum absolute atomic E-state index is 0.156. The van der Waals surface area contributed by atoms with E-state index in [4.69, 9.17) is 0 Å². The molecule has 2 aliphatic heterocycles. The molecule has 0 spiro atoms. The molecule has 5 nitrogen and oxygen atoms in total. The molecule has 2 saturated heterocycles. The summed E-state index contributed by atoms with van der Waals surface area (Å²) in [5, 5.41) is 3.15. The molecule has 0 aromatic rings. The summed E-state index contributed by atoms with van der Waals surface area (Å²) in [7, 11) is -3.39. The molecule has 2 rings (SSSR count). The zero-order valence-corrected chi connectivity index (χ0v) is 13.3. The number of sulfone groups is 1. The number of carbonyl (C=O) groups excluding carboxylic acids is 1. The van der Waals surface area contributed by atoms with Crippen LogP contribution in [0.2, 0.25) is 0 Å². The van der Waals surface area contributed by atoms with Crippen LogP contribution in [0.4, 0.5) is 0 Å². The van der Waals surface area contributed by atoms with Crippen molar-refractivity contribution < 1.29 is 13.2 Å². The fourth-order valence-corrected chi connectivity index (χ4v) is 4.80. The fraction of sp³-hybridized carbons (Fsp3) is 0.929. The molecule has 0 aliphatic carbocycles. The minimum Gasteiger partial charge on any atom is -0.341 e. The van der Waals surface area contributed by atoms with Gasteiger partial charge in [0, 0.05) is 19.3 Å². The second-order valence-corrected chi connectivity index (χ2v) is 8.49. The lowest BCUT2D eigenvalue weighted by atomic mass is 9.91. The summed E-state index contributed by atoms with van der Waals surface area (Å²) in [6.07, 6.45) is 5.16. The van der Waals surface area contributed by atoms with Crippen molar-refractivity contribution in [2.75, 3.05) is 32.4 Å². The van der Waals surface area contributed by atoms with Gasteiger partial charge in [-0.15, -0.1) is 0 Å². The molecule has 116 valence electrons. The van der Waals surface area contributed by atoms with E-state index in [1.807, 2.05) is 0 Å². The zero-order chi connectivity index (χ0) is 14.8. The van der Waals surface area contributed by atoms with Gasteiger partial charge in [-0.25, -0.2) is 8.42 Å². The van der Waals surface area contributed by atoms with Crippen molar-refractivity contribution in [3.63, 3.8) is 0 Å². The summed E-state index contributed by atoms with van der Waals surface area (Å²) in [4.78, 5) is 14.6. The van der Waals surface area contributed by atoms with Gasteiger partial charge in [-0.1, -0.05) is 13.3 Å². The maximum Gasteiger partial charge on any atom is 0.244 e. The fourth-order valence-electron chi connectivity index (χ4n) is 3.41. The summed E-state index contributed by atoms with van der Waals surface area (Å²) in [6, 6.07) is 0. The summed E-state index contributed by atoms with van der Waals surface area (Å²) in [6.45, 7) is 4.80. The third-order valence-electron chi connectivity index (χ3n) is 4.99. The van der Waals surface area contributed by atoms with Crippen molar-refractivity contribution in [3.8, 4) is 0 Å². The van der Waals surface area contributed by atoms with Crippen LogP contribution in [0.15, 0.2) is 0 Å². The van der Waals surface area contributed by atoms with E-state index in [0.29, 0.717) is 44.9 Å². The third-order valence-corrected chi connectivity index (χ3v) is 6.99. The predicted octanol–water partition coefficient (Wildman–Crippen LogP) is 0.802. The Kier molecular flexibility index (Phi) is 4.74. The number of nitrogens with zero attached hydrogens (tertiary/aromatic N) is 1. The Balaban J connectivity index is 2.16. The van der Waals surface area contributed by atoms with Gasteiger partial charge in [-0.2, -0.15) is 0 Å². The van der Waals surface area contributed by atoms with Gasteiger partial charge in [-0.05, 0) is 44.7 Å². The van der Waals surface area contributed by atoms with Crippen LogP contribution in [-0.4, -0.2) is 56.4 Å². The smallest absolute Gasteiger partial charge is 0.244 e. The molecular formula is C14H26N2O3S. The summed E-state index contributed by atoms with van der Waals surface area (Å²) in [5.74, 6) is 0.525. The second kappa shape index (κ2) is 6.02. The number of amides is 1. The van der Waals surface area contributed by atoms with Gasteiger partial charge in [0.1, 0.15) is 0 Å². The number of carbonyl (C=O) groups is 1. The average Bonchev–Trinajstić information content (AvgIpc) is 2.46. The number of rotatable bonds is 3. The maximum absolute atomic E-state index is 12.8. The molecule has 0 bridgehead atoms. The van der Waals surface area contributed by atoms with E-state index in [1.165, 1.54) is 6.26 Å². The van der Waals surface area contributed by atoms with E-state index in [-0.39, 0.29) is 5.91 Å². The number of hydrogen-bond donors (Lipinski definition) is 1. The van der Waals surface area contributed by atoms with Gasteiger partial charge in [0.25, 0.3) is 0 Å². The molecule has 1 N–H and O–H groups in total. The molecule has 1 amide bonds. The molecular weight excluding hydrogens is 276 g/mol. The van der Waals surface area contributed by atoms with Gasteiger partial charge < -0.3 is 10.2 Å². The van der Waals surface area contributed by atoms with E-state index in [1.54, 1.807) is 4.90 Å². The molecule has 2 aliphatic rings. The topological polar surface area (TPSA) is 66.5 Å². The number of nitrogens with one attached hydrogen (secondary N) is 1. The Morgan fingerprint density at radius 1 is 1.25 bits per heavy atom. The molecule has 6 heteroatoms. The van der Waals surface area contributed by atoms with E-state index in [0.717, 1.165) is 19.3 Å². The first-order chi connectivity index (χ1) is 9.40. The Hall–Kier alpha value is -0.620. The van der Waals surface area contributed by atoms with Gasteiger partial charge in [0.05, 0.1) is 0 Å². The lowest BCUT2D eigenvalue weighted by Gasteiger charge is -2.41. The van der Waals surface area contributed by atoms with E-state index >= 15 is 0 Å². The second-order valence-electron chi connectivity index (χ2n) is 6.16. The highest BCUT2D eigenvalue weighted by atomic mass is 32.2. The van der Waals surface area contributed by atoms with Crippen LogP contribution < -0.4 is 5.32 Å². The molecule has 0 aromatic heterocycles. The monoisotopic (exact) mass is 302 g/mol. The van der Waals surface area contributed by atoms with Crippen molar-refractivity contribution >= 4 is 15.7 Å². The zero-order valence-electron chi connectivity index (χ0n) is 12.5. The van der Waals surface area contributed by atoms with Gasteiger partial charge in [-0.3, -0.25) is 4.79 Å². The number of likely N-dealkylation sites (tertiary alicyclic amines) is 1. The first-order valence-electron chi connectivity index (χ1n) is 7.60. The number of piperidine rings is 2. The van der Waals surface area contributed by atoms with Gasteiger partial charge >= 0.3 is 0 Å². The molecule has 20 heavy (non-hydrogen) atoms. The summed E-state index contributed by atoms with van der Waals surface area (Å²) in [5.41, 5.74) is 0. The average molecular weight is 302 g/mol. The van der Waals surface area contributed by atoms with Crippen molar-refractivity contribution in [2.24, 2.45) is 5.92 Å². The van der Waals surface area contributed by atoms with Crippen LogP contribution in [0, 0.1) is 5.92 Å². The largest absolute Gasteiger partial charge is 0.341 e. The first-order valence-corrected chi connectivity index (χ1v) is 9.49. The van der Waals surface area contributed by atoms with Crippen molar-refractivity contribution in [3.05, 3.63) is 0 Å². The van der Waals surface area contributed by atoms with Crippen LogP contribution in [0.1, 0.15) is 39.0 Å². The molecule has 0 saturated carbocycles. The van der Waals surface area contributed by atoms with Crippen molar-refractivity contribution in [1.29, 1.82) is 0 Å². The highest BCUT2D eigenvalue weighted by Crippen LogP contribution is 2.32. The minimum atomic E-state index is -3.39. The molecule has 2 fully saturated rings. The summed E-state index contributed by atoms with van der Waals surface area (Å²) < 4.78 is 23.3. The van der Waals surface area contributed by atoms with Crippen LogP contribution >= 0.6 is 0 Å². The Morgan fingerprint density at radius 2 is 1.80 bits per heavy atom. The SMILES string of the molecule is CCC1CCN(C(=O)C2(S(C)(=O)=O)CCNCC2)CC1. The quantitative estimate of drug-likeness (QED) is 0.837. The molecule has 2 heterocycles. The van der Waals surface area contributed by atoms with Crippen LogP contribution in [-0.2, 0) is 14.6 Å². The molecule has 0 atom stereocenters. The van der Waals surface area contributed by atoms with Crippen LogP contribution in [0.25, 0.3) is 0 Å². The number of hydrogen-bond acceptors (Lipinski definition) is 4. The highest BCUT2D eigenvalue weighted by molar-refractivity contribution is 7.92. The van der Waals surface area contributed by atoms with Crippen molar-refractivity contribution in [1.82, 2.24) is 10.2 Å². The Bertz CT molecular complexity index is 447. The Labute approximate surface area is 122 Å².